The Morgan fingerprint density at radius 2 is 2.24 bits per heavy atom. The fraction of sp³-hybridized carbons (Fsp3) is 0.615. The highest BCUT2D eigenvalue weighted by atomic mass is 16.5. The molecule has 0 saturated carbocycles. The summed E-state index contributed by atoms with van der Waals surface area (Å²) in [6.07, 6.45) is 3.77. The summed E-state index contributed by atoms with van der Waals surface area (Å²) in [4.78, 5) is 6.52. The van der Waals surface area contributed by atoms with Crippen LogP contribution < -0.4 is 10.2 Å². The highest BCUT2D eigenvalue weighted by molar-refractivity contribution is 5.51. The third-order valence-corrected chi connectivity index (χ3v) is 2.69. The van der Waals surface area contributed by atoms with Crippen LogP contribution in [0.5, 0.6) is 0 Å². The molecule has 0 atom stereocenters. The Morgan fingerprint density at radius 3 is 2.88 bits per heavy atom. The molecule has 4 nitrogen and oxygen atoms in total. The lowest BCUT2D eigenvalue weighted by Crippen LogP contribution is -2.28. The Kier molecular flexibility index (Phi) is 6.58. The lowest BCUT2D eigenvalue weighted by atomic mass is 10.2. The topological polar surface area (TPSA) is 37.4 Å². The van der Waals surface area contributed by atoms with Gasteiger partial charge in [0.15, 0.2) is 0 Å². The summed E-state index contributed by atoms with van der Waals surface area (Å²) < 4.78 is 5.41. The summed E-state index contributed by atoms with van der Waals surface area (Å²) in [5.41, 5.74) is 2.48. The molecule has 0 aliphatic heterocycles. The molecule has 0 aromatic carbocycles. The fourth-order valence-electron chi connectivity index (χ4n) is 1.81. The summed E-state index contributed by atoms with van der Waals surface area (Å²) in [6, 6.07) is 2.06. The zero-order chi connectivity index (χ0) is 12.5. The van der Waals surface area contributed by atoms with Crippen LogP contribution in [0.3, 0.4) is 0 Å². The van der Waals surface area contributed by atoms with E-state index in [0.717, 1.165) is 32.8 Å². The highest BCUT2D eigenvalue weighted by Gasteiger charge is 2.08. The molecule has 0 amide bonds. The molecule has 17 heavy (non-hydrogen) atoms. The van der Waals surface area contributed by atoms with Gasteiger partial charge < -0.3 is 15.0 Å². The molecule has 4 heteroatoms. The molecule has 0 spiro atoms. The van der Waals surface area contributed by atoms with Gasteiger partial charge in [-0.15, -0.1) is 0 Å². The van der Waals surface area contributed by atoms with Gasteiger partial charge in [0.25, 0.3) is 0 Å². The van der Waals surface area contributed by atoms with Crippen LogP contribution in [0.15, 0.2) is 18.5 Å². The average molecular weight is 237 g/mol. The molecule has 0 fully saturated rings. The maximum Gasteiger partial charge on any atom is 0.0641 e. The number of nitrogens with one attached hydrogen (secondary N) is 1. The van der Waals surface area contributed by atoms with E-state index in [1.807, 2.05) is 26.4 Å². The van der Waals surface area contributed by atoms with Crippen molar-refractivity contribution in [1.82, 2.24) is 10.3 Å². The molecule has 1 aromatic heterocycles. The van der Waals surface area contributed by atoms with E-state index in [9.17, 15) is 0 Å². The second kappa shape index (κ2) is 8.03. The normalized spacial score (nSPS) is 10.5. The van der Waals surface area contributed by atoms with Gasteiger partial charge in [0.2, 0.25) is 0 Å². The van der Waals surface area contributed by atoms with E-state index >= 15 is 0 Å². The molecule has 96 valence electrons. The van der Waals surface area contributed by atoms with Crippen LogP contribution in [-0.4, -0.2) is 38.3 Å². The summed E-state index contributed by atoms with van der Waals surface area (Å²) >= 11 is 0. The van der Waals surface area contributed by atoms with E-state index in [1.165, 1.54) is 11.3 Å². The van der Waals surface area contributed by atoms with Gasteiger partial charge in [-0.3, -0.25) is 4.98 Å². The van der Waals surface area contributed by atoms with Gasteiger partial charge in [-0.2, -0.15) is 0 Å². The summed E-state index contributed by atoms with van der Waals surface area (Å²) in [5, 5.41) is 3.18. The van der Waals surface area contributed by atoms with Crippen LogP contribution in [0, 0.1) is 0 Å². The van der Waals surface area contributed by atoms with E-state index < -0.39 is 0 Å². The Bertz CT molecular complexity index is 317. The van der Waals surface area contributed by atoms with Crippen LogP contribution in [0.1, 0.15) is 19.4 Å². The molecule has 0 unspecified atom stereocenters. The van der Waals surface area contributed by atoms with Gasteiger partial charge in [0.1, 0.15) is 0 Å². The van der Waals surface area contributed by atoms with Crippen LogP contribution in [-0.2, 0) is 11.3 Å². The number of nitrogens with zero attached hydrogens (tertiary/aromatic N) is 2. The third-order valence-electron chi connectivity index (χ3n) is 2.69. The third kappa shape index (κ3) is 4.32. The van der Waals surface area contributed by atoms with Crippen LogP contribution in [0.2, 0.25) is 0 Å². The Morgan fingerprint density at radius 1 is 1.41 bits per heavy atom. The zero-order valence-corrected chi connectivity index (χ0v) is 11.1. The first kappa shape index (κ1) is 13.9. The Balaban J connectivity index is 2.72. The average Bonchev–Trinajstić information content (AvgIpc) is 2.36. The van der Waals surface area contributed by atoms with Crippen molar-refractivity contribution in [2.75, 3.05) is 38.3 Å². The molecule has 0 aliphatic rings. The molecule has 0 saturated heterocycles. The fourth-order valence-corrected chi connectivity index (χ4v) is 1.81. The van der Waals surface area contributed by atoms with Gasteiger partial charge in [0, 0.05) is 32.4 Å². The Hall–Kier alpha value is -1.13. The number of anilines is 1. The molecule has 1 aromatic rings. The standard InChI is InChI=1S/C13H23N3O/c1-4-16(8-9-17-5-2)13-11-15-7-6-12(13)10-14-3/h6-7,11,14H,4-5,8-10H2,1-3H3. The Labute approximate surface area is 104 Å². The number of rotatable bonds is 8. The van der Waals surface area contributed by atoms with Gasteiger partial charge >= 0.3 is 0 Å². The minimum absolute atomic E-state index is 0.762. The van der Waals surface area contributed by atoms with E-state index in [0.29, 0.717) is 0 Å². The van der Waals surface area contributed by atoms with Gasteiger partial charge in [-0.05, 0) is 32.5 Å². The van der Waals surface area contributed by atoms with Crippen molar-refractivity contribution in [2.24, 2.45) is 0 Å². The molecular formula is C13H23N3O. The van der Waals surface area contributed by atoms with Crippen molar-refractivity contribution in [2.45, 2.75) is 20.4 Å². The quantitative estimate of drug-likeness (QED) is 0.698. The van der Waals surface area contributed by atoms with Gasteiger partial charge in [-0.25, -0.2) is 0 Å². The predicted molar refractivity (Wildman–Crippen MR) is 71.4 cm³/mol. The lowest BCUT2D eigenvalue weighted by molar-refractivity contribution is 0.154. The van der Waals surface area contributed by atoms with Gasteiger partial charge in [0.05, 0.1) is 18.5 Å². The maximum atomic E-state index is 5.41. The SMILES string of the molecule is CCOCCN(CC)c1cnccc1CNC. The van der Waals surface area contributed by atoms with Crippen molar-refractivity contribution in [3.05, 3.63) is 24.0 Å². The summed E-state index contributed by atoms with van der Waals surface area (Å²) in [7, 11) is 1.96. The molecule has 1 N–H and O–H groups in total. The molecule has 0 aliphatic carbocycles. The maximum absolute atomic E-state index is 5.41. The second-order valence-corrected chi connectivity index (χ2v) is 3.81. The first-order valence-corrected chi connectivity index (χ1v) is 6.23. The van der Waals surface area contributed by atoms with Crippen molar-refractivity contribution >= 4 is 5.69 Å². The van der Waals surface area contributed by atoms with Crippen molar-refractivity contribution < 1.29 is 4.74 Å². The predicted octanol–water partition coefficient (Wildman–Crippen LogP) is 1.66. The monoisotopic (exact) mass is 237 g/mol. The number of likely N-dealkylation sites (N-methyl/N-ethyl adjacent to an activating group) is 1. The van der Waals surface area contributed by atoms with Crippen LogP contribution in [0.25, 0.3) is 0 Å². The van der Waals surface area contributed by atoms with E-state index in [-0.39, 0.29) is 0 Å². The number of ether oxygens (including phenoxy) is 1. The first-order chi connectivity index (χ1) is 8.33. The molecule has 1 rings (SSSR count). The minimum Gasteiger partial charge on any atom is -0.380 e. The van der Waals surface area contributed by atoms with Crippen molar-refractivity contribution in [1.29, 1.82) is 0 Å². The highest BCUT2D eigenvalue weighted by Crippen LogP contribution is 2.18. The summed E-state index contributed by atoms with van der Waals surface area (Å²) in [6.45, 7) is 8.45. The van der Waals surface area contributed by atoms with Crippen LogP contribution in [0.4, 0.5) is 5.69 Å². The van der Waals surface area contributed by atoms with Crippen LogP contribution >= 0.6 is 0 Å². The molecule has 0 radical (unpaired) electrons. The molecular weight excluding hydrogens is 214 g/mol. The second-order valence-electron chi connectivity index (χ2n) is 3.81. The molecule has 1 heterocycles. The van der Waals surface area contributed by atoms with E-state index in [4.69, 9.17) is 4.74 Å². The van der Waals surface area contributed by atoms with E-state index in [2.05, 4.69) is 28.2 Å². The molecule has 0 bridgehead atoms. The van der Waals surface area contributed by atoms with Crippen molar-refractivity contribution in [3.8, 4) is 0 Å². The summed E-state index contributed by atoms with van der Waals surface area (Å²) in [5.74, 6) is 0. The largest absolute Gasteiger partial charge is 0.380 e. The number of pyridine rings is 1. The number of hydrogen-bond donors (Lipinski definition) is 1. The van der Waals surface area contributed by atoms with Gasteiger partial charge in [-0.1, -0.05) is 0 Å². The van der Waals surface area contributed by atoms with E-state index in [1.54, 1.807) is 0 Å². The van der Waals surface area contributed by atoms with Crippen molar-refractivity contribution in [3.63, 3.8) is 0 Å². The first-order valence-electron chi connectivity index (χ1n) is 6.23. The zero-order valence-electron chi connectivity index (χ0n) is 11.1. The smallest absolute Gasteiger partial charge is 0.0641 e. The number of hydrogen-bond acceptors (Lipinski definition) is 4. The number of aromatic nitrogens is 1. The minimum atomic E-state index is 0.762. The lowest BCUT2D eigenvalue weighted by Gasteiger charge is -2.25.